The third kappa shape index (κ3) is 8.28. The van der Waals surface area contributed by atoms with Crippen LogP contribution in [0.5, 0.6) is 0 Å². The zero-order chi connectivity index (χ0) is 35.0. The summed E-state index contributed by atoms with van der Waals surface area (Å²) >= 11 is 0. The second-order valence-electron chi connectivity index (χ2n) is 13.1. The molecule has 0 radical (unpaired) electrons. The van der Waals surface area contributed by atoms with Crippen molar-refractivity contribution in [3.63, 3.8) is 0 Å². The van der Waals surface area contributed by atoms with Crippen LogP contribution in [-0.2, 0) is 13.1 Å². The van der Waals surface area contributed by atoms with Gasteiger partial charge in [0.15, 0.2) is 0 Å². The molecule has 8 rings (SSSR count). The Hall–Kier alpha value is -5.73. The number of nitro benzene ring substituents is 3. The molecule has 3 heterocycles. The van der Waals surface area contributed by atoms with Gasteiger partial charge >= 0.3 is 0 Å². The van der Waals surface area contributed by atoms with Gasteiger partial charge in [-0.3, -0.25) is 44.8 Å². The third-order valence-corrected chi connectivity index (χ3v) is 9.62. The van der Waals surface area contributed by atoms with E-state index in [4.69, 9.17) is 0 Å². The number of non-ortho nitro benzene ring substituents is 3. The number of aromatic amines is 1. The fraction of sp³-hybridized carbons (Fsp3) is 0.400. The minimum atomic E-state index is -0.424. The Kier molecular flexibility index (Phi) is 10.7. The number of hydrogen-bond donors (Lipinski definition) is 1. The summed E-state index contributed by atoms with van der Waals surface area (Å²) in [6, 6.07) is 14.5. The quantitative estimate of drug-likeness (QED) is 0.127. The van der Waals surface area contributed by atoms with Crippen LogP contribution in [0.4, 0.5) is 17.1 Å². The van der Waals surface area contributed by atoms with Crippen LogP contribution in [0.25, 0.3) is 32.7 Å². The molecule has 0 atom stereocenters. The van der Waals surface area contributed by atoms with Crippen LogP contribution < -0.4 is 0 Å². The van der Waals surface area contributed by atoms with Crippen molar-refractivity contribution in [2.75, 3.05) is 0 Å². The Morgan fingerprint density at radius 3 is 1.44 bits per heavy atom. The van der Waals surface area contributed by atoms with Crippen LogP contribution >= 0.6 is 0 Å². The average molecular weight is 682 g/mol. The molecule has 2 fully saturated rings. The summed E-state index contributed by atoms with van der Waals surface area (Å²) < 4.78 is 3.99. The van der Waals surface area contributed by atoms with Crippen LogP contribution in [0, 0.1) is 42.2 Å². The van der Waals surface area contributed by atoms with Crippen molar-refractivity contribution in [2.24, 2.45) is 11.8 Å². The minimum absolute atomic E-state index is 0.0869. The number of H-pyrrole nitrogens is 1. The maximum absolute atomic E-state index is 10.7. The molecule has 0 aliphatic heterocycles. The molecule has 0 spiro atoms. The van der Waals surface area contributed by atoms with E-state index in [9.17, 15) is 30.3 Å². The number of nitro groups is 3. The summed E-state index contributed by atoms with van der Waals surface area (Å²) in [5.74, 6) is 1.40. The van der Waals surface area contributed by atoms with Crippen LogP contribution in [-0.4, -0.2) is 44.5 Å². The van der Waals surface area contributed by atoms with E-state index in [1.54, 1.807) is 48.9 Å². The number of aromatic nitrogens is 6. The first kappa shape index (κ1) is 34.1. The molecule has 50 heavy (non-hydrogen) atoms. The smallest absolute Gasteiger partial charge is 0.270 e. The van der Waals surface area contributed by atoms with Gasteiger partial charge in [0, 0.05) is 65.6 Å². The summed E-state index contributed by atoms with van der Waals surface area (Å²) in [5, 5.41) is 49.5. The standard InChI is InChI=1S/2C14H17N3O2.C7H5N3O2/c2*18-17(19)13-6-7-14-12(8-13)9-15-16(14)10-11-4-2-1-3-5-11;11-10(12)6-1-2-7-5(3-6)4-8-9-7/h2*6-9,11H,1-5,10H2;1-4H,(H,8,9). The predicted octanol–water partition coefficient (Wildman–Crippen LogP) is 8.52. The summed E-state index contributed by atoms with van der Waals surface area (Å²) in [6.07, 6.45) is 18.1. The van der Waals surface area contributed by atoms with E-state index in [1.165, 1.54) is 76.3 Å². The van der Waals surface area contributed by atoms with Gasteiger partial charge in [0.1, 0.15) is 0 Å². The van der Waals surface area contributed by atoms with Crippen LogP contribution in [0.2, 0.25) is 0 Å². The van der Waals surface area contributed by atoms with Crippen molar-refractivity contribution in [3.05, 3.63) is 104 Å². The molecule has 6 aromatic rings. The number of rotatable bonds is 7. The lowest BCUT2D eigenvalue weighted by Crippen LogP contribution is -2.14. The lowest BCUT2D eigenvalue weighted by molar-refractivity contribution is -0.384. The van der Waals surface area contributed by atoms with Crippen molar-refractivity contribution < 1.29 is 14.8 Å². The minimum Gasteiger partial charge on any atom is -0.278 e. The second-order valence-corrected chi connectivity index (χ2v) is 13.1. The molecule has 1 N–H and O–H groups in total. The second kappa shape index (κ2) is 15.7. The molecule has 15 heteroatoms. The Bertz CT molecular complexity index is 2000. The summed E-state index contributed by atoms with van der Waals surface area (Å²) in [4.78, 5) is 30.7. The van der Waals surface area contributed by atoms with Crippen LogP contribution in [0.1, 0.15) is 64.2 Å². The number of fused-ring (bicyclic) bond motifs is 3. The van der Waals surface area contributed by atoms with Gasteiger partial charge in [-0.1, -0.05) is 38.5 Å². The molecule has 3 aromatic carbocycles. The Morgan fingerprint density at radius 2 is 1.00 bits per heavy atom. The molecule has 0 bridgehead atoms. The number of hydrogen-bond acceptors (Lipinski definition) is 9. The Balaban J connectivity index is 0.000000133. The van der Waals surface area contributed by atoms with Crippen LogP contribution in [0.3, 0.4) is 0 Å². The van der Waals surface area contributed by atoms with E-state index < -0.39 is 4.92 Å². The molecule has 2 aliphatic carbocycles. The van der Waals surface area contributed by atoms with E-state index in [-0.39, 0.29) is 26.9 Å². The Morgan fingerprint density at radius 1 is 0.580 bits per heavy atom. The summed E-state index contributed by atoms with van der Waals surface area (Å²) in [5.41, 5.74) is 3.14. The molecular weight excluding hydrogens is 642 g/mol. The highest BCUT2D eigenvalue weighted by Crippen LogP contribution is 2.29. The molecule has 15 nitrogen and oxygen atoms in total. The predicted molar refractivity (Wildman–Crippen MR) is 189 cm³/mol. The topological polar surface area (TPSA) is 194 Å². The maximum atomic E-state index is 10.7. The highest BCUT2D eigenvalue weighted by atomic mass is 16.6. The number of nitrogens with zero attached hydrogens (tertiary/aromatic N) is 8. The first-order valence-corrected chi connectivity index (χ1v) is 17.0. The lowest BCUT2D eigenvalue weighted by Gasteiger charge is -2.21. The maximum Gasteiger partial charge on any atom is 0.270 e. The summed E-state index contributed by atoms with van der Waals surface area (Å²) in [6.45, 7) is 1.86. The molecule has 2 aliphatic rings. The zero-order valence-electron chi connectivity index (χ0n) is 27.6. The first-order valence-electron chi connectivity index (χ1n) is 17.0. The highest BCUT2D eigenvalue weighted by Gasteiger charge is 2.18. The molecule has 0 unspecified atom stereocenters. The molecular formula is C35H39N9O6. The van der Waals surface area contributed by atoms with Crippen molar-refractivity contribution in [2.45, 2.75) is 77.3 Å². The highest BCUT2D eigenvalue weighted by molar-refractivity contribution is 5.82. The Labute approximate surface area is 286 Å². The van der Waals surface area contributed by atoms with Crippen molar-refractivity contribution in [3.8, 4) is 0 Å². The van der Waals surface area contributed by atoms with Crippen molar-refractivity contribution in [1.29, 1.82) is 0 Å². The largest absolute Gasteiger partial charge is 0.278 e. The fourth-order valence-corrected chi connectivity index (χ4v) is 6.94. The van der Waals surface area contributed by atoms with Gasteiger partial charge in [-0.25, -0.2) is 0 Å². The zero-order valence-corrected chi connectivity index (χ0v) is 27.6. The van der Waals surface area contributed by atoms with Gasteiger partial charge in [-0.2, -0.15) is 15.3 Å². The molecule has 0 saturated heterocycles. The van der Waals surface area contributed by atoms with E-state index >= 15 is 0 Å². The summed E-state index contributed by atoms with van der Waals surface area (Å²) in [7, 11) is 0. The molecule has 2 saturated carbocycles. The molecule has 260 valence electrons. The van der Waals surface area contributed by atoms with Crippen LogP contribution in [0.15, 0.2) is 73.2 Å². The van der Waals surface area contributed by atoms with Gasteiger partial charge in [0.25, 0.3) is 17.1 Å². The van der Waals surface area contributed by atoms with Gasteiger partial charge in [0.2, 0.25) is 0 Å². The van der Waals surface area contributed by atoms with Gasteiger partial charge in [-0.15, -0.1) is 0 Å². The third-order valence-electron chi connectivity index (χ3n) is 9.62. The lowest BCUT2D eigenvalue weighted by atomic mass is 9.89. The normalized spacial score (nSPS) is 15.3. The van der Waals surface area contributed by atoms with Gasteiger partial charge in [0.05, 0.1) is 49.9 Å². The van der Waals surface area contributed by atoms with Gasteiger partial charge < -0.3 is 0 Å². The van der Waals surface area contributed by atoms with Crippen molar-refractivity contribution in [1.82, 2.24) is 29.8 Å². The average Bonchev–Trinajstić information content (AvgIpc) is 3.88. The van der Waals surface area contributed by atoms with E-state index in [0.29, 0.717) is 11.8 Å². The number of nitrogens with one attached hydrogen (secondary N) is 1. The van der Waals surface area contributed by atoms with Gasteiger partial charge in [-0.05, 0) is 55.7 Å². The molecule has 3 aromatic heterocycles. The monoisotopic (exact) mass is 681 g/mol. The SMILES string of the molecule is O=[N+]([O-])c1ccc2[nH]ncc2c1.O=[N+]([O-])c1ccc2c(cnn2CC2CCCCC2)c1.O=[N+]([O-])c1ccc2c(cnn2CC2CCCCC2)c1. The molecule has 0 amide bonds. The van der Waals surface area contributed by atoms with E-state index in [2.05, 4.69) is 20.4 Å². The fourth-order valence-electron chi connectivity index (χ4n) is 6.94. The van der Waals surface area contributed by atoms with Crippen molar-refractivity contribution >= 4 is 49.8 Å². The van der Waals surface area contributed by atoms with E-state index in [1.807, 2.05) is 21.5 Å². The number of benzene rings is 3. The van der Waals surface area contributed by atoms with E-state index in [0.717, 1.165) is 45.8 Å². The first-order chi connectivity index (χ1) is 24.2.